The molecule has 0 heterocycles. The molecule has 5 heteroatoms. The molecule has 0 radical (unpaired) electrons. The van der Waals surface area contributed by atoms with Gasteiger partial charge in [-0.25, -0.2) is 0 Å². The molecule has 0 atom stereocenters. The molecular weight excluding hydrogens is 428 g/mol. The van der Waals surface area contributed by atoms with Crippen molar-refractivity contribution < 1.29 is 9.53 Å². The average Bonchev–Trinajstić information content (AvgIpc) is 2.73. The number of methoxy groups -OCH3 is 1. The van der Waals surface area contributed by atoms with Crippen molar-refractivity contribution in [2.75, 3.05) is 21.2 Å². The minimum atomic E-state index is -0.146. The lowest BCUT2D eigenvalue weighted by molar-refractivity contribution is 0.0950. The molecule has 0 saturated carbocycles. The molecule has 0 spiro atoms. The molecule has 29 heavy (non-hydrogen) atoms. The molecule has 150 valence electrons. The fourth-order valence-corrected chi connectivity index (χ4v) is 3.61. The molecule has 0 saturated heterocycles. The first kappa shape index (κ1) is 21.1. The minimum absolute atomic E-state index is 0.146. The van der Waals surface area contributed by atoms with Gasteiger partial charge in [0.1, 0.15) is 5.75 Å². The standard InChI is InChI=1S/C24H25BrN2O2/c1-27(2)16-17-8-10-18(11-9-17)21-7-5-4-6-19(21)15-26-24(28)22-14-20(29-3)12-13-23(22)25/h4-14H,15-16H2,1-3H3,(H,26,28). The van der Waals surface area contributed by atoms with Gasteiger partial charge in [-0.05, 0) is 70.5 Å². The molecule has 0 aromatic heterocycles. The first-order valence-electron chi connectivity index (χ1n) is 9.41. The molecule has 1 N–H and O–H groups in total. The van der Waals surface area contributed by atoms with Gasteiger partial charge in [-0.2, -0.15) is 0 Å². The lowest BCUT2D eigenvalue weighted by atomic mass is 9.98. The smallest absolute Gasteiger partial charge is 0.252 e. The van der Waals surface area contributed by atoms with Gasteiger partial charge in [-0.1, -0.05) is 48.5 Å². The summed E-state index contributed by atoms with van der Waals surface area (Å²) in [5, 5.41) is 3.02. The second-order valence-electron chi connectivity index (χ2n) is 7.12. The van der Waals surface area contributed by atoms with E-state index in [0.717, 1.165) is 27.7 Å². The number of amides is 1. The summed E-state index contributed by atoms with van der Waals surface area (Å²) >= 11 is 3.44. The van der Waals surface area contributed by atoms with Crippen molar-refractivity contribution in [3.8, 4) is 16.9 Å². The van der Waals surface area contributed by atoms with Gasteiger partial charge in [0.15, 0.2) is 0 Å². The number of hydrogen-bond acceptors (Lipinski definition) is 3. The van der Waals surface area contributed by atoms with Crippen LogP contribution in [0, 0.1) is 0 Å². The number of carbonyl (C=O) groups excluding carboxylic acids is 1. The fraction of sp³-hybridized carbons (Fsp3) is 0.208. The third-order valence-corrected chi connectivity index (χ3v) is 5.33. The van der Waals surface area contributed by atoms with Crippen LogP contribution in [0.4, 0.5) is 0 Å². The minimum Gasteiger partial charge on any atom is -0.497 e. The number of carbonyl (C=O) groups is 1. The Morgan fingerprint density at radius 3 is 2.45 bits per heavy atom. The Labute approximate surface area is 180 Å². The molecule has 3 aromatic rings. The van der Waals surface area contributed by atoms with Crippen LogP contribution < -0.4 is 10.1 Å². The van der Waals surface area contributed by atoms with E-state index in [1.54, 1.807) is 13.2 Å². The van der Waals surface area contributed by atoms with Crippen molar-refractivity contribution in [2.45, 2.75) is 13.1 Å². The van der Waals surface area contributed by atoms with Crippen LogP contribution in [0.25, 0.3) is 11.1 Å². The van der Waals surface area contributed by atoms with E-state index in [9.17, 15) is 4.79 Å². The number of halogens is 1. The number of nitrogens with one attached hydrogen (secondary N) is 1. The van der Waals surface area contributed by atoms with E-state index in [2.05, 4.69) is 70.6 Å². The number of nitrogens with zero attached hydrogens (tertiary/aromatic N) is 1. The van der Waals surface area contributed by atoms with E-state index in [-0.39, 0.29) is 5.91 Å². The Hall–Kier alpha value is -2.63. The Morgan fingerprint density at radius 1 is 1.03 bits per heavy atom. The number of benzene rings is 3. The van der Waals surface area contributed by atoms with Crippen LogP contribution >= 0.6 is 15.9 Å². The fourth-order valence-electron chi connectivity index (χ4n) is 3.19. The molecule has 3 rings (SSSR count). The highest BCUT2D eigenvalue weighted by atomic mass is 79.9. The SMILES string of the molecule is COc1ccc(Br)c(C(=O)NCc2ccccc2-c2ccc(CN(C)C)cc2)c1. The van der Waals surface area contributed by atoms with Crippen molar-refractivity contribution in [1.82, 2.24) is 10.2 Å². The van der Waals surface area contributed by atoms with Gasteiger partial charge in [0.25, 0.3) is 5.91 Å². The Balaban J connectivity index is 1.77. The quantitative estimate of drug-likeness (QED) is 0.540. The van der Waals surface area contributed by atoms with E-state index >= 15 is 0 Å². The highest BCUT2D eigenvalue weighted by Crippen LogP contribution is 2.25. The summed E-state index contributed by atoms with van der Waals surface area (Å²) < 4.78 is 5.97. The zero-order valence-electron chi connectivity index (χ0n) is 16.9. The van der Waals surface area contributed by atoms with Crippen molar-refractivity contribution in [3.05, 3.63) is 87.9 Å². The Kier molecular flexibility index (Phi) is 7.07. The van der Waals surface area contributed by atoms with Crippen LogP contribution in [0.3, 0.4) is 0 Å². The number of ether oxygens (including phenoxy) is 1. The lowest BCUT2D eigenvalue weighted by Crippen LogP contribution is -2.23. The zero-order chi connectivity index (χ0) is 20.8. The molecule has 3 aromatic carbocycles. The first-order chi connectivity index (χ1) is 14.0. The summed E-state index contributed by atoms with van der Waals surface area (Å²) in [4.78, 5) is 14.8. The van der Waals surface area contributed by atoms with Gasteiger partial charge in [0.2, 0.25) is 0 Å². The third kappa shape index (κ3) is 5.46. The van der Waals surface area contributed by atoms with Crippen LogP contribution in [0.2, 0.25) is 0 Å². The van der Waals surface area contributed by atoms with Gasteiger partial charge in [-0.15, -0.1) is 0 Å². The number of hydrogen-bond donors (Lipinski definition) is 1. The summed E-state index contributed by atoms with van der Waals surface area (Å²) in [5.41, 5.74) is 5.15. The first-order valence-corrected chi connectivity index (χ1v) is 10.2. The molecule has 0 aliphatic heterocycles. The molecule has 0 bridgehead atoms. The molecule has 0 unspecified atom stereocenters. The van der Waals surface area contributed by atoms with Crippen LogP contribution in [0.1, 0.15) is 21.5 Å². The summed E-state index contributed by atoms with van der Waals surface area (Å²) in [6.45, 7) is 1.35. The van der Waals surface area contributed by atoms with Gasteiger partial charge in [0.05, 0.1) is 12.7 Å². The monoisotopic (exact) mass is 452 g/mol. The molecule has 1 amide bonds. The normalized spacial score (nSPS) is 10.8. The van der Waals surface area contributed by atoms with E-state index in [1.165, 1.54) is 5.56 Å². The van der Waals surface area contributed by atoms with Crippen molar-refractivity contribution in [2.24, 2.45) is 0 Å². The molecule has 0 aliphatic carbocycles. The van der Waals surface area contributed by atoms with E-state index in [4.69, 9.17) is 4.74 Å². The van der Waals surface area contributed by atoms with Gasteiger partial charge >= 0.3 is 0 Å². The van der Waals surface area contributed by atoms with Crippen molar-refractivity contribution in [1.29, 1.82) is 0 Å². The van der Waals surface area contributed by atoms with Crippen LogP contribution in [-0.4, -0.2) is 32.0 Å². The largest absolute Gasteiger partial charge is 0.497 e. The maximum atomic E-state index is 12.7. The number of rotatable bonds is 7. The third-order valence-electron chi connectivity index (χ3n) is 4.64. The molecule has 4 nitrogen and oxygen atoms in total. The Bertz CT molecular complexity index is 984. The predicted molar refractivity (Wildman–Crippen MR) is 121 cm³/mol. The van der Waals surface area contributed by atoms with Crippen LogP contribution in [0.15, 0.2) is 71.2 Å². The summed E-state index contributed by atoms with van der Waals surface area (Å²) in [6.07, 6.45) is 0. The molecular formula is C24H25BrN2O2. The topological polar surface area (TPSA) is 41.6 Å². The zero-order valence-corrected chi connectivity index (χ0v) is 18.5. The van der Waals surface area contributed by atoms with Gasteiger partial charge < -0.3 is 15.0 Å². The van der Waals surface area contributed by atoms with Crippen molar-refractivity contribution >= 4 is 21.8 Å². The van der Waals surface area contributed by atoms with Gasteiger partial charge in [-0.3, -0.25) is 4.79 Å². The molecule has 0 aliphatic rings. The lowest BCUT2D eigenvalue weighted by Gasteiger charge is -2.13. The maximum Gasteiger partial charge on any atom is 0.252 e. The van der Waals surface area contributed by atoms with Crippen LogP contribution in [-0.2, 0) is 13.1 Å². The second-order valence-corrected chi connectivity index (χ2v) is 7.97. The highest BCUT2D eigenvalue weighted by Gasteiger charge is 2.12. The van der Waals surface area contributed by atoms with Gasteiger partial charge in [0, 0.05) is 17.6 Å². The highest BCUT2D eigenvalue weighted by molar-refractivity contribution is 9.10. The summed E-state index contributed by atoms with van der Waals surface area (Å²) in [5.74, 6) is 0.503. The summed E-state index contributed by atoms with van der Waals surface area (Å²) in [6, 6.07) is 22.1. The summed E-state index contributed by atoms with van der Waals surface area (Å²) in [7, 11) is 5.71. The Morgan fingerprint density at radius 2 is 1.76 bits per heavy atom. The van der Waals surface area contributed by atoms with E-state index < -0.39 is 0 Å². The van der Waals surface area contributed by atoms with Crippen LogP contribution in [0.5, 0.6) is 5.75 Å². The van der Waals surface area contributed by atoms with E-state index in [1.807, 2.05) is 30.3 Å². The molecule has 0 fully saturated rings. The van der Waals surface area contributed by atoms with Crippen molar-refractivity contribution in [3.63, 3.8) is 0 Å². The average molecular weight is 453 g/mol. The second kappa shape index (κ2) is 9.72. The van der Waals surface area contributed by atoms with E-state index in [0.29, 0.717) is 17.9 Å². The maximum absolute atomic E-state index is 12.7. The predicted octanol–water partition coefficient (Wildman–Crippen LogP) is 5.12.